The fourth-order valence-corrected chi connectivity index (χ4v) is 11.8. The minimum Gasteiger partial charge on any atom is -0.456 e. The van der Waals surface area contributed by atoms with E-state index in [0.717, 1.165) is 50.6 Å². The topological polar surface area (TPSA) is 42.8 Å². The van der Waals surface area contributed by atoms with Gasteiger partial charge in [0, 0.05) is 63.9 Å². The smallest absolute Gasteiger partial charge is 0.155 e. The lowest BCUT2D eigenvalue weighted by atomic mass is 9.91. The second kappa shape index (κ2) is 15.6. The Balaban J connectivity index is 1.11. The van der Waals surface area contributed by atoms with Gasteiger partial charge in [-0.1, -0.05) is 166 Å². The highest BCUT2D eigenvalue weighted by Crippen LogP contribution is 2.46. The summed E-state index contributed by atoms with van der Waals surface area (Å²) in [4.78, 5) is 11.5. The van der Waals surface area contributed by atoms with Gasteiger partial charge >= 0.3 is 0 Å². The molecule has 0 aliphatic rings. The van der Waals surface area contributed by atoms with Crippen LogP contribution in [0.2, 0.25) is 0 Å². The molecule has 0 spiro atoms. The first-order valence-corrected chi connectivity index (χ1v) is 24.1. The first-order chi connectivity index (χ1) is 33.0. The number of hydrogen-bond acceptors (Lipinski definition) is 3. The summed E-state index contributed by atoms with van der Waals surface area (Å²) in [5.41, 5.74) is 9.39. The van der Waals surface area contributed by atoms with Crippen molar-refractivity contribution >= 4 is 119 Å². The standard InChI is InChI=1S/C62H45N3OS/c1-4-37(2)60(64-62(44-29-28-39-16-5-6-18-41(39)32-44)63-38(3)46-24-15-26-55-58(46)49-22-11-13-25-54(49)66-55)45-35-53(59-50-23-12-14-27-56(50)67-57(59)36-45)65-52-34-43-20-8-7-19-42(43)33-51(52)48-31-30-40-17-9-10-21-47(40)61(48)65/h5-37,60H,4H2,1-3H3. The van der Waals surface area contributed by atoms with Crippen LogP contribution in [0.25, 0.3) is 102 Å². The van der Waals surface area contributed by atoms with Crippen molar-refractivity contribution in [1.29, 1.82) is 0 Å². The fraction of sp³-hybridized carbons (Fsp3) is 0.0968. The van der Waals surface area contributed by atoms with E-state index in [9.17, 15) is 0 Å². The van der Waals surface area contributed by atoms with Gasteiger partial charge in [-0.15, -0.1) is 11.3 Å². The average Bonchev–Trinajstić information content (AvgIpc) is 4.05. The van der Waals surface area contributed by atoms with Crippen LogP contribution in [0.5, 0.6) is 0 Å². The Morgan fingerprint density at radius 3 is 2.04 bits per heavy atom. The summed E-state index contributed by atoms with van der Waals surface area (Å²) in [5.74, 6) is 0.903. The normalized spacial score (nSPS) is 13.7. The number of thiophene rings is 1. The van der Waals surface area contributed by atoms with Crippen LogP contribution in [0.15, 0.2) is 209 Å². The van der Waals surface area contributed by atoms with Crippen LogP contribution in [0.4, 0.5) is 0 Å². The van der Waals surface area contributed by atoms with Gasteiger partial charge in [0.2, 0.25) is 0 Å². The molecule has 0 N–H and O–H groups in total. The second-order valence-electron chi connectivity index (χ2n) is 18.1. The molecular formula is C62H45N3OS. The monoisotopic (exact) mass is 879 g/mol. The molecule has 0 amide bonds. The molecule has 5 heteroatoms. The molecule has 10 aromatic carbocycles. The van der Waals surface area contributed by atoms with Gasteiger partial charge in [0.1, 0.15) is 11.2 Å². The number of benzene rings is 10. The molecule has 13 aromatic rings. The van der Waals surface area contributed by atoms with E-state index >= 15 is 0 Å². The average molecular weight is 880 g/mol. The lowest BCUT2D eigenvalue weighted by Gasteiger charge is -2.23. The van der Waals surface area contributed by atoms with Crippen LogP contribution in [0.3, 0.4) is 0 Å². The number of rotatable bonds is 7. The number of aliphatic imine (C=N–C) groups is 2. The van der Waals surface area contributed by atoms with Gasteiger partial charge in [-0.2, -0.15) is 0 Å². The van der Waals surface area contributed by atoms with Crippen molar-refractivity contribution in [2.24, 2.45) is 15.9 Å². The Bertz CT molecular complexity index is 4200. The number of nitrogens with zero attached hydrogens (tertiary/aromatic N) is 3. The van der Waals surface area contributed by atoms with E-state index in [4.69, 9.17) is 14.4 Å². The molecule has 0 saturated carbocycles. The predicted molar refractivity (Wildman–Crippen MR) is 287 cm³/mol. The largest absolute Gasteiger partial charge is 0.456 e. The molecule has 0 bridgehead atoms. The minimum absolute atomic E-state index is 0.190. The minimum atomic E-state index is -0.215. The van der Waals surface area contributed by atoms with Crippen LogP contribution in [0, 0.1) is 5.92 Å². The third-order valence-corrected chi connectivity index (χ3v) is 15.2. The number of furan rings is 1. The molecule has 0 fully saturated rings. The van der Waals surface area contributed by atoms with Gasteiger partial charge in [-0.05, 0) is 93.9 Å². The van der Waals surface area contributed by atoms with E-state index in [2.05, 4.69) is 201 Å². The van der Waals surface area contributed by atoms with E-state index in [0.29, 0.717) is 5.84 Å². The summed E-state index contributed by atoms with van der Waals surface area (Å²) in [6.07, 6.45) is 0.938. The first-order valence-electron chi connectivity index (χ1n) is 23.3. The molecule has 67 heavy (non-hydrogen) atoms. The van der Waals surface area contributed by atoms with Gasteiger partial charge in [0.25, 0.3) is 0 Å². The third kappa shape index (κ3) is 6.41. The molecule has 3 heterocycles. The summed E-state index contributed by atoms with van der Waals surface area (Å²) in [7, 11) is 0. The summed E-state index contributed by atoms with van der Waals surface area (Å²) >= 11 is 1.87. The highest BCUT2D eigenvalue weighted by Gasteiger charge is 2.26. The van der Waals surface area contributed by atoms with E-state index in [1.165, 1.54) is 80.2 Å². The lowest BCUT2D eigenvalue weighted by molar-refractivity contribution is 0.459. The van der Waals surface area contributed by atoms with E-state index in [1.54, 1.807) is 0 Å². The van der Waals surface area contributed by atoms with Crippen molar-refractivity contribution in [1.82, 2.24) is 4.57 Å². The maximum absolute atomic E-state index is 6.36. The van der Waals surface area contributed by atoms with Crippen molar-refractivity contribution in [3.63, 3.8) is 0 Å². The number of amidine groups is 1. The Hall–Kier alpha value is -7.86. The molecule has 3 aromatic heterocycles. The quantitative estimate of drug-likeness (QED) is 0.116. The van der Waals surface area contributed by atoms with E-state index in [-0.39, 0.29) is 12.0 Å². The number of fused-ring (bicyclic) bond motifs is 13. The molecule has 0 radical (unpaired) electrons. The van der Waals surface area contributed by atoms with Gasteiger partial charge in [0.15, 0.2) is 5.84 Å². The van der Waals surface area contributed by atoms with Crippen LogP contribution >= 0.6 is 11.3 Å². The third-order valence-electron chi connectivity index (χ3n) is 14.1. The van der Waals surface area contributed by atoms with Gasteiger partial charge in [0.05, 0.1) is 22.8 Å². The number of para-hydroxylation sites is 1. The first kappa shape index (κ1) is 39.5. The van der Waals surface area contributed by atoms with Crippen LogP contribution in [0.1, 0.15) is 49.9 Å². The molecular weight excluding hydrogens is 835 g/mol. The molecule has 0 aliphatic heterocycles. The summed E-state index contributed by atoms with van der Waals surface area (Å²) in [6.45, 7) is 6.74. The Morgan fingerprint density at radius 2 is 1.22 bits per heavy atom. The van der Waals surface area contributed by atoms with Crippen LogP contribution < -0.4 is 0 Å². The predicted octanol–water partition coefficient (Wildman–Crippen LogP) is 17.6. The number of aromatic nitrogens is 1. The highest BCUT2D eigenvalue weighted by molar-refractivity contribution is 7.25. The van der Waals surface area contributed by atoms with E-state index < -0.39 is 0 Å². The van der Waals surface area contributed by atoms with Crippen molar-refractivity contribution < 1.29 is 4.42 Å². The lowest BCUT2D eigenvalue weighted by Crippen LogP contribution is -2.12. The van der Waals surface area contributed by atoms with Crippen LogP contribution in [-0.4, -0.2) is 16.1 Å². The van der Waals surface area contributed by atoms with Crippen LogP contribution in [-0.2, 0) is 0 Å². The number of hydrogen-bond donors (Lipinski definition) is 0. The van der Waals surface area contributed by atoms with Gasteiger partial charge in [-0.25, -0.2) is 4.99 Å². The molecule has 2 atom stereocenters. The summed E-state index contributed by atoms with van der Waals surface area (Å²) in [6, 6.07) is 70.3. The fourth-order valence-electron chi connectivity index (χ4n) is 10.6. The zero-order valence-electron chi connectivity index (χ0n) is 37.5. The Kier molecular flexibility index (Phi) is 9.23. The van der Waals surface area contributed by atoms with Crippen molar-refractivity contribution in [2.45, 2.75) is 33.2 Å². The molecule has 320 valence electrons. The Morgan fingerprint density at radius 1 is 0.552 bits per heavy atom. The molecule has 13 rings (SSSR count). The van der Waals surface area contributed by atoms with E-state index in [1.807, 2.05) is 29.5 Å². The van der Waals surface area contributed by atoms with Crippen molar-refractivity contribution in [3.8, 4) is 5.69 Å². The summed E-state index contributed by atoms with van der Waals surface area (Å²) in [5, 5.41) is 14.4. The second-order valence-corrected chi connectivity index (χ2v) is 19.1. The van der Waals surface area contributed by atoms with Crippen molar-refractivity contribution in [3.05, 3.63) is 211 Å². The molecule has 0 aliphatic carbocycles. The maximum Gasteiger partial charge on any atom is 0.155 e. The van der Waals surface area contributed by atoms with Gasteiger partial charge < -0.3 is 8.98 Å². The molecule has 4 nitrogen and oxygen atoms in total. The molecule has 2 unspecified atom stereocenters. The SMILES string of the molecule is CCC(C)C(N=C(N=C(C)c1cccc2oc3ccccc3c12)c1ccc2ccccc2c1)c1cc(-n2c3cc4ccccc4cc3c3ccc4ccccc4c32)c2c(c1)sc1ccccc12. The maximum atomic E-state index is 6.36. The summed E-state index contributed by atoms with van der Waals surface area (Å²) < 4.78 is 11.5. The van der Waals surface area contributed by atoms with Crippen molar-refractivity contribution in [2.75, 3.05) is 0 Å². The highest BCUT2D eigenvalue weighted by atomic mass is 32.1. The Labute approximate surface area is 391 Å². The molecule has 0 saturated heterocycles. The zero-order valence-corrected chi connectivity index (χ0v) is 38.3. The van der Waals surface area contributed by atoms with Gasteiger partial charge in [-0.3, -0.25) is 4.99 Å². The zero-order chi connectivity index (χ0) is 44.8.